The summed E-state index contributed by atoms with van der Waals surface area (Å²) < 4.78 is 10.5. The average Bonchev–Trinajstić information content (AvgIpc) is 3.12. The van der Waals surface area contributed by atoms with Crippen LogP contribution >= 0.6 is 0 Å². The molecule has 0 saturated carbocycles. The van der Waals surface area contributed by atoms with Crippen LogP contribution in [0.4, 0.5) is 0 Å². The number of aliphatic hydroxyl groups is 1. The third-order valence-corrected chi connectivity index (χ3v) is 7.26. The smallest absolute Gasteiger partial charge is 0.306 e. The quantitative estimate of drug-likeness (QED) is 0.0433. The Morgan fingerprint density at radius 2 is 0.840 bits per heavy atom. The number of hydrogen-bond acceptors (Lipinski definition) is 5. The number of ether oxygens (including phenoxy) is 2. The Bertz CT molecular complexity index is 1100. The molecule has 5 heteroatoms. The van der Waals surface area contributed by atoms with Crippen molar-refractivity contribution in [2.24, 2.45) is 0 Å². The Kier molecular flexibility index (Phi) is 36.8. The van der Waals surface area contributed by atoms with Crippen LogP contribution in [0.1, 0.15) is 129 Å². The molecule has 278 valence electrons. The molecule has 5 nitrogen and oxygen atoms in total. The van der Waals surface area contributed by atoms with Gasteiger partial charge in [-0.05, 0) is 89.9 Å². The van der Waals surface area contributed by atoms with Crippen LogP contribution in [0.15, 0.2) is 122 Å². The van der Waals surface area contributed by atoms with E-state index in [9.17, 15) is 14.7 Å². The largest absolute Gasteiger partial charge is 0.462 e. The molecule has 0 heterocycles. The van der Waals surface area contributed by atoms with Gasteiger partial charge in [0.15, 0.2) is 6.10 Å². The lowest BCUT2D eigenvalue weighted by atomic mass is 10.1. The minimum Gasteiger partial charge on any atom is -0.462 e. The molecule has 0 saturated heterocycles. The fraction of sp³-hybridized carbons (Fsp3) is 0.511. The fourth-order valence-electron chi connectivity index (χ4n) is 4.45. The van der Waals surface area contributed by atoms with Crippen LogP contribution in [0, 0.1) is 0 Å². The molecule has 0 rings (SSSR count). The zero-order valence-electron chi connectivity index (χ0n) is 31.3. The highest BCUT2D eigenvalue weighted by Gasteiger charge is 2.15. The first-order chi connectivity index (χ1) is 24.6. The van der Waals surface area contributed by atoms with Crippen LogP contribution in [0.3, 0.4) is 0 Å². The first kappa shape index (κ1) is 46.3. The highest BCUT2D eigenvalue weighted by molar-refractivity contribution is 5.70. The molecule has 0 aliphatic rings. The molecular weight excluding hydrogens is 620 g/mol. The molecule has 0 aromatic rings. The molecule has 1 atom stereocenters. The average molecular weight is 689 g/mol. The van der Waals surface area contributed by atoms with Gasteiger partial charge in [0.05, 0.1) is 6.61 Å². The molecule has 0 radical (unpaired) electrons. The summed E-state index contributed by atoms with van der Waals surface area (Å²) in [6, 6.07) is 0. The molecule has 0 bridgehead atoms. The summed E-state index contributed by atoms with van der Waals surface area (Å²) in [5.41, 5.74) is 0. The minimum absolute atomic E-state index is 0.125. The molecule has 0 amide bonds. The summed E-state index contributed by atoms with van der Waals surface area (Å²) in [5.74, 6) is -0.732. The lowest BCUT2D eigenvalue weighted by Crippen LogP contribution is -2.28. The molecule has 0 aliphatic carbocycles. The predicted molar refractivity (Wildman–Crippen MR) is 214 cm³/mol. The summed E-state index contributed by atoms with van der Waals surface area (Å²) in [4.78, 5) is 24.2. The second-order valence-corrected chi connectivity index (χ2v) is 11.9. The van der Waals surface area contributed by atoms with E-state index in [0.29, 0.717) is 12.8 Å². The molecule has 0 aliphatic heterocycles. The van der Waals surface area contributed by atoms with Crippen molar-refractivity contribution in [3.8, 4) is 0 Å². The van der Waals surface area contributed by atoms with Gasteiger partial charge in [0.1, 0.15) is 6.61 Å². The Balaban J connectivity index is 3.80. The Hall–Kier alpha value is -3.70. The number of carbonyl (C=O) groups is 2. The number of unbranched alkanes of at least 4 members (excludes halogenated alkanes) is 4. The summed E-state index contributed by atoms with van der Waals surface area (Å²) in [7, 11) is 0. The van der Waals surface area contributed by atoms with Crippen molar-refractivity contribution in [2.45, 2.75) is 136 Å². The van der Waals surface area contributed by atoms with Gasteiger partial charge >= 0.3 is 11.9 Å². The predicted octanol–water partition coefficient (Wildman–Crippen LogP) is 12.1. The Labute approximate surface area is 305 Å². The van der Waals surface area contributed by atoms with Gasteiger partial charge in [-0.2, -0.15) is 0 Å². The molecule has 0 fully saturated rings. The van der Waals surface area contributed by atoms with Crippen molar-refractivity contribution >= 4 is 11.9 Å². The van der Waals surface area contributed by atoms with Crippen LogP contribution in [0.2, 0.25) is 0 Å². The van der Waals surface area contributed by atoms with Crippen LogP contribution < -0.4 is 0 Å². The number of allylic oxidation sites excluding steroid dienone is 20. The summed E-state index contributed by atoms with van der Waals surface area (Å²) in [6.45, 7) is 3.79. The zero-order chi connectivity index (χ0) is 36.4. The first-order valence-electron chi connectivity index (χ1n) is 19.1. The molecule has 50 heavy (non-hydrogen) atoms. The van der Waals surface area contributed by atoms with Gasteiger partial charge in [-0.25, -0.2) is 0 Å². The van der Waals surface area contributed by atoms with E-state index in [4.69, 9.17) is 9.47 Å². The van der Waals surface area contributed by atoms with E-state index in [2.05, 4.69) is 123 Å². The van der Waals surface area contributed by atoms with Crippen molar-refractivity contribution in [3.05, 3.63) is 122 Å². The molecule has 0 spiro atoms. The fourth-order valence-corrected chi connectivity index (χ4v) is 4.45. The second kappa shape index (κ2) is 39.7. The first-order valence-corrected chi connectivity index (χ1v) is 19.1. The van der Waals surface area contributed by atoms with Crippen molar-refractivity contribution in [1.82, 2.24) is 0 Å². The normalized spacial score (nSPS) is 13.6. The maximum absolute atomic E-state index is 12.2. The molecule has 1 unspecified atom stereocenters. The zero-order valence-corrected chi connectivity index (χ0v) is 31.3. The van der Waals surface area contributed by atoms with Crippen molar-refractivity contribution < 1.29 is 24.2 Å². The highest BCUT2D eigenvalue weighted by atomic mass is 16.6. The number of carbonyl (C=O) groups excluding carboxylic acids is 2. The maximum Gasteiger partial charge on any atom is 0.306 e. The molecule has 0 aromatic heterocycles. The van der Waals surface area contributed by atoms with Gasteiger partial charge in [0, 0.05) is 12.8 Å². The third kappa shape index (κ3) is 37.1. The van der Waals surface area contributed by atoms with Crippen molar-refractivity contribution in [1.29, 1.82) is 0 Å². The van der Waals surface area contributed by atoms with Crippen molar-refractivity contribution in [2.75, 3.05) is 13.2 Å². The number of hydrogen-bond donors (Lipinski definition) is 1. The van der Waals surface area contributed by atoms with Gasteiger partial charge < -0.3 is 14.6 Å². The number of rotatable bonds is 32. The highest BCUT2D eigenvalue weighted by Crippen LogP contribution is 2.09. The van der Waals surface area contributed by atoms with E-state index in [1.54, 1.807) is 0 Å². The monoisotopic (exact) mass is 689 g/mol. The van der Waals surface area contributed by atoms with E-state index in [1.807, 2.05) is 12.2 Å². The summed E-state index contributed by atoms with van der Waals surface area (Å²) in [6.07, 6.45) is 58.3. The minimum atomic E-state index is -0.824. The van der Waals surface area contributed by atoms with E-state index in [0.717, 1.165) is 96.3 Å². The van der Waals surface area contributed by atoms with Crippen molar-refractivity contribution in [3.63, 3.8) is 0 Å². The van der Waals surface area contributed by atoms with E-state index in [-0.39, 0.29) is 31.6 Å². The van der Waals surface area contributed by atoms with Gasteiger partial charge in [-0.15, -0.1) is 0 Å². The SMILES string of the molecule is CCC=CCC=CCC=CCC=CCC=CCC=CCCC(=O)OCC(CO)OC(=O)CCCCCCC=CCC=CCC=CCC=CCC. The molecule has 1 N–H and O–H groups in total. The second-order valence-electron chi connectivity index (χ2n) is 11.9. The van der Waals surface area contributed by atoms with Gasteiger partial charge in [0.2, 0.25) is 0 Å². The third-order valence-electron chi connectivity index (χ3n) is 7.26. The van der Waals surface area contributed by atoms with E-state index < -0.39 is 6.10 Å². The molecule has 0 aromatic carbocycles. The maximum atomic E-state index is 12.2. The Morgan fingerprint density at radius 1 is 0.460 bits per heavy atom. The van der Waals surface area contributed by atoms with Gasteiger partial charge in [-0.1, -0.05) is 148 Å². The topological polar surface area (TPSA) is 72.8 Å². The summed E-state index contributed by atoms with van der Waals surface area (Å²) >= 11 is 0. The lowest BCUT2D eigenvalue weighted by molar-refractivity contribution is -0.161. The van der Waals surface area contributed by atoms with Gasteiger partial charge in [0.25, 0.3) is 0 Å². The van der Waals surface area contributed by atoms with Crippen LogP contribution in [0.25, 0.3) is 0 Å². The Morgan fingerprint density at radius 3 is 1.26 bits per heavy atom. The van der Waals surface area contributed by atoms with Crippen LogP contribution in [0.5, 0.6) is 0 Å². The number of esters is 2. The standard InChI is InChI=1S/C45H68O5/c1-3-5-7-9-11-13-15-17-19-21-22-24-25-27-29-31-33-35-37-39-44(47)49-42-43(41-46)50-45(48)40-38-36-34-32-30-28-26-23-20-18-16-14-12-10-8-6-4-2/h5-8,11-14,17-20,22,24,26-29,33,35,43,46H,3-4,9-10,15-16,21,23,25,30-32,34,36-42H2,1-2H3. The summed E-state index contributed by atoms with van der Waals surface area (Å²) in [5, 5.41) is 9.54. The molecular formula is C45H68O5. The number of aliphatic hydroxyl groups excluding tert-OH is 1. The van der Waals surface area contributed by atoms with E-state index in [1.165, 1.54) is 0 Å². The van der Waals surface area contributed by atoms with Gasteiger partial charge in [-0.3, -0.25) is 9.59 Å². The van der Waals surface area contributed by atoms with Crippen LogP contribution in [-0.4, -0.2) is 36.4 Å². The lowest BCUT2D eigenvalue weighted by Gasteiger charge is -2.15. The van der Waals surface area contributed by atoms with Crippen LogP contribution in [-0.2, 0) is 19.1 Å². The van der Waals surface area contributed by atoms with E-state index >= 15 is 0 Å².